The van der Waals surface area contributed by atoms with Crippen molar-refractivity contribution in [2.24, 2.45) is 0 Å². The second-order valence-corrected chi connectivity index (χ2v) is 5.79. The average Bonchev–Trinajstić information content (AvgIpc) is 2.37. The molecule has 0 saturated carbocycles. The van der Waals surface area contributed by atoms with E-state index in [9.17, 15) is 5.11 Å². The van der Waals surface area contributed by atoms with Crippen LogP contribution in [0, 0.1) is 0 Å². The van der Waals surface area contributed by atoms with Gasteiger partial charge in [-0.05, 0) is 54.4 Å². The van der Waals surface area contributed by atoms with Crippen molar-refractivity contribution in [3.05, 3.63) is 22.2 Å². The van der Waals surface area contributed by atoms with Gasteiger partial charge in [-0.2, -0.15) is 0 Å². The molecule has 1 aromatic carbocycles. The SMILES string of the molecule is CCOc1cc(CNC(C)(C)CO)cc(Br)c1OC.Cl. The van der Waals surface area contributed by atoms with E-state index in [1.54, 1.807) is 7.11 Å². The van der Waals surface area contributed by atoms with Crippen LogP contribution in [0.4, 0.5) is 0 Å². The van der Waals surface area contributed by atoms with Gasteiger partial charge < -0.3 is 19.9 Å². The molecule has 0 aliphatic carbocycles. The van der Waals surface area contributed by atoms with Crippen molar-refractivity contribution in [1.29, 1.82) is 0 Å². The summed E-state index contributed by atoms with van der Waals surface area (Å²) >= 11 is 3.48. The molecule has 0 unspecified atom stereocenters. The molecule has 0 aromatic heterocycles. The van der Waals surface area contributed by atoms with Gasteiger partial charge in [-0.1, -0.05) is 0 Å². The number of aliphatic hydroxyl groups is 1. The molecule has 0 aliphatic heterocycles. The molecule has 116 valence electrons. The van der Waals surface area contributed by atoms with Crippen LogP contribution >= 0.6 is 28.3 Å². The molecule has 0 amide bonds. The summed E-state index contributed by atoms with van der Waals surface area (Å²) in [6.45, 7) is 7.16. The number of halogens is 2. The van der Waals surface area contributed by atoms with E-state index in [1.807, 2.05) is 32.9 Å². The van der Waals surface area contributed by atoms with Gasteiger partial charge in [0.15, 0.2) is 11.5 Å². The Balaban J connectivity index is 0.00000361. The first-order valence-corrected chi connectivity index (χ1v) is 7.08. The fourth-order valence-corrected chi connectivity index (χ4v) is 2.23. The van der Waals surface area contributed by atoms with Crippen molar-refractivity contribution in [1.82, 2.24) is 5.32 Å². The number of benzene rings is 1. The van der Waals surface area contributed by atoms with Crippen LogP contribution in [-0.2, 0) is 6.54 Å². The van der Waals surface area contributed by atoms with E-state index >= 15 is 0 Å². The van der Waals surface area contributed by atoms with Crippen LogP contribution in [0.15, 0.2) is 16.6 Å². The monoisotopic (exact) mass is 367 g/mol. The maximum absolute atomic E-state index is 9.23. The number of nitrogens with one attached hydrogen (secondary N) is 1. The molecule has 0 heterocycles. The fraction of sp³-hybridized carbons (Fsp3) is 0.571. The highest BCUT2D eigenvalue weighted by atomic mass is 79.9. The zero-order valence-corrected chi connectivity index (χ0v) is 14.7. The smallest absolute Gasteiger partial charge is 0.174 e. The zero-order valence-electron chi connectivity index (χ0n) is 12.3. The molecular formula is C14H23BrClNO3. The van der Waals surface area contributed by atoms with Crippen molar-refractivity contribution in [2.75, 3.05) is 20.3 Å². The van der Waals surface area contributed by atoms with E-state index in [1.165, 1.54) is 0 Å². The molecule has 0 aliphatic rings. The van der Waals surface area contributed by atoms with Crippen molar-refractivity contribution in [2.45, 2.75) is 32.9 Å². The molecule has 6 heteroatoms. The van der Waals surface area contributed by atoms with Gasteiger partial charge in [0.25, 0.3) is 0 Å². The van der Waals surface area contributed by atoms with Gasteiger partial charge in [0, 0.05) is 12.1 Å². The molecule has 0 fully saturated rings. The van der Waals surface area contributed by atoms with Gasteiger partial charge in [0.2, 0.25) is 0 Å². The maximum Gasteiger partial charge on any atom is 0.174 e. The topological polar surface area (TPSA) is 50.7 Å². The summed E-state index contributed by atoms with van der Waals surface area (Å²) in [5, 5.41) is 12.5. The predicted molar refractivity (Wildman–Crippen MR) is 87.1 cm³/mol. The number of rotatable bonds is 7. The summed E-state index contributed by atoms with van der Waals surface area (Å²) in [5.74, 6) is 1.42. The van der Waals surface area contributed by atoms with E-state index in [-0.39, 0.29) is 24.6 Å². The van der Waals surface area contributed by atoms with Gasteiger partial charge in [-0.3, -0.25) is 0 Å². The summed E-state index contributed by atoms with van der Waals surface area (Å²) in [6.07, 6.45) is 0. The third-order valence-electron chi connectivity index (χ3n) is 2.74. The van der Waals surface area contributed by atoms with Crippen molar-refractivity contribution in [3.8, 4) is 11.5 Å². The second-order valence-electron chi connectivity index (χ2n) is 4.94. The van der Waals surface area contributed by atoms with Gasteiger partial charge in [-0.25, -0.2) is 0 Å². The minimum atomic E-state index is -0.307. The van der Waals surface area contributed by atoms with Gasteiger partial charge >= 0.3 is 0 Å². The Bertz CT molecular complexity index is 427. The molecule has 20 heavy (non-hydrogen) atoms. The molecular weight excluding hydrogens is 346 g/mol. The average molecular weight is 369 g/mol. The third-order valence-corrected chi connectivity index (χ3v) is 3.33. The van der Waals surface area contributed by atoms with Crippen molar-refractivity contribution in [3.63, 3.8) is 0 Å². The first-order chi connectivity index (χ1) is 8.93. The van der Waals surface area contributed by atoms with Crippen LogP contribution in [0.5, 0.6) is 11.5 Å². The van der Waals surface area contributed by atoms with E-state index in [0.29, 0.717) is 18.9 Å². The van der Waals surface area contributed by atoms with Crippen LogP contribution in [-0.4, -0.2) is 31.0 Å². The summed E-state index contributed by atoms with van der Waals surface area (Å²) in [5.41, 5.74) is 0.760. The second kappa shape index (κ2) is 8.72. The van der Waals surface area contributed by atoms with Gasteiger partial charge in [0.05, 0.1) is 24.8 Å². The van der Waals surface area contributed by atoms with Crippen LogP contribution in [0.1, 0.15) is 26.3 Å². The Labute approximate surface area is 135 Å². The summed E-state index contributed by atoms with van der Waals surface area (Å²) in [7, 11) is 1.62. The van der Waals surface area contributed by atoms with Crippen LogP contribution in [0.3, 0.4) is 0 Å². The summed E-state index contributed by atoms with van der Waals surface area (Å²) < 4.78 is 11.8. The summed E-state index contributed by atoms with van der Waals surface area (Å²) in [6, 6.07) is 3.94. The third kappa shape index (κ3) is 5.48. The lowest BCUT2D eigenvalue weighted by Gasteiger charge is -2.24. The maximum atomic E-state index is 9.23. The van der Waals surface area contributed by atoms with Crippen LogP contribution in [0.25, 0.3) is 0 Å². The van der Waals surface area contributed by atoms with Crippen LogP contribution < -0.4 is 14.8 Å². The van der Waals surface area contributed by atoms with E-state index in [4.69, 9.17) is 9.47 Å². The number of ether oxygens (including phenoxy) is 2. The first kappa shape index (κ1) is 19.5. The lowest BCUT2D eigenvalue weighted by Crippen LogP contribution is -2.42. The Kier molecular flexibility index (Phi) is 8.51. The van der Waals surface area contributed by atoms with Crippen LogP contribution in [0.2, 0.25) is 0 Å². The minimum absolute atomic E-state index is 0. The largest absolute Gasteiger partial charge is 0.492 e. The molecule has 0 bridgehead atoms. The Morgan fingerprint density at radius 3 is 2.50 bits per heavy atom. The molecule has 0 atom stereocenters. The molecule has 0 radical (unpaired) electrons. The Morgan fingerprint density at radius 2 is 2.00 bits per heavy atom. The summed E-state index contributed by atoms with van der Waals surface area (Å²) in [4.78, 5) is 0. The number of aliphatic hydroxyl groups excluding tert-OH is 1. The molecule has 1 rings (SSSR count). The molecule has 2 N–H and O–H groups in total. The Morgan fingerprint density at radius 1 is 1.35 bits per heavy atom. The van der Waals surface area contributed by atoms with Crippen molar-refractivity contribution < 1.29 is 14.6 Å². The minimum Gasteiger partial charge on any atom is -0.492 e. The first-order valence-electron chi connectivity index (χ1n) is 6.28. The van der Waals surface area contributed by atoms with Gasteiger partial charge in [-0.15, -0.1) is 12.4 Å². The highest BCUT2D eigenvalue weighted by Gasteiger charge is 2.16. The fourth-order valence-electron chi connectivity index (χ4n) is 1.58. The highest BCUT2D eigenvalue weighted by Crippen LogP contribution is 2.36. The standard InChI is InChI=1S/C14H22BrNO3.ClH/c1-5-19-12-7-10(6-11(15)13(12)18-4)8-16-14(2,3)9-17;/h6-7,16-17H,5,8-9H2,1-4H3;1H. The molecule has 1 aromatic rings. The van der Waals surface area contributed by atoms with Gasteiger partial charge in [0.1, 0.15) is 0 Å². The van der Waals surface area contributed by atoms with E-state index in [2.05, 4.69) is 21.2 Å². The normalized spacial score (nSPS) is 10.9. The van der Waals surface area contributed by atoms with E-state index < -0.39 is 0 Å². The predicted octanol–water partition coefficient (Wildman–Crippen LogP) is 3.14. The highest BCUT2D eigenvalue weighted by molar-refractivity contribution is 9.10. The molecule has 0 spiro atoms. The number of methoxy groups -OCH3 is 1. The lowest BCUT2D eigenvalue weighted by atomic mass is 10.1. The number of hydrogen-bond acceptors (Lipinski definition) is 4. The lowest BCUT2D eigenvalue weighted by molar-refractivity contribution is 0.187. The molecule has 0 saturated heterocycles. The Hall–Kier alpha value is -0.490. The van der Waals surface area contributed by atoms with Crippen molar-refractivity contribution >= 4 is 28.3 Å². The molecule has 4 nitrogen and oxygen atoms in total. The van der Waals surface area contributed by atoms with E-state index in [0.717, 1.165) is 15.8 Å². The zero-order chi connectivity index (χ0) is 14.5. The number of hydrogen-bond donors (Lipinski definition) is 2. The quantitative estimate of drug-likeness (QED) is 0.776.